The van der Waals surface area contributed by atoms with Crippen molar-refractivity contribution in [3.63, 3.8) is 0 Å². The molecule has 0 aliphatic heterocycles. The summed E-state index contributed by atoms with van der Waals surface area (Å²) in [5.74, 6) is -2.52. The van der Waals surface area contributed by atoms with Crippen LogP contribution >= 0.6 is 0 Å². The number of carboxylic acid groups (broad SMARTS) is 1. The molecule has 0 radical (unpaired) electrons. The Hall–Kier alpha value is -3.42. The minimum absolute atomic E-state index is 0.280. The maximum atomic E-state index is 13.0. The minimum atomic E-state index is -1.20. The van der Waals surface area contributed by atoms with Gasteiger partial charge in [-0.15, -0.1) is 6.58 Å². The van der Waals surface area contributed by atoms with Crippen molar-refractivity contribution in [3.05, 3.63) is 48.7 Å². The van der Waals surface area contributed by atoms with Crippen molar-refractivity contribution in [2.24, 2.45) is 5.92 Å². The zero-order chi connectivity index (χ0) is 22.3. The second-order valence-electron chi connectivity index (χ2n) is 7.36. The normalized spacial score (nSPS) is 12.9. The van der Waals surface area contributed by atoms with Crippen LogP contribution in [-0.4, -0.2) is 45.8 Å². The van der Waals surface area contributed by atoms with Gasteiger partial charge in [0.25, 0.3) is 5.91 Å². The first-order valence-electron chi connectivity index (χ1n) is 9.76. The SMILES string of the molecule is C=CCCn1c(C(=O)N[C@H](C(=O)N[C@H](C=O)CC(=O)O)C(C)C)cc2ccccc21. The summed E-state index contributed by atoms with van der Waals surface area (Å²) in [4.78, 5) is 47.6. The molecule has 160 valence electrons. The molecule has 2 aromatic rings. The second-order valence-corrected chi connectivity index (χ2v) is 7.36. The van der Waals surface area contributed by atoms with E-state index in [4.69, 9.17) is 5.11 Å². The van der Waals surface area contributed by atoms with Crippen molar-refractivity contribution in [1.82, 2.24) is 15.2 Å². The van der Waals surface area contributed by atoms with Crippen molar-refractivity contribution >= 4 is 35.0 Å². The number of carboxylic acids is 1. The van der Waals surface area contributed by atoms with E-state index in [2.05, 4.69) is 17.2 Å². The fourth-order valence-electron chi connectivity index (χ4n) is 3.20. The third-order valence-electron chi connectivity index (χ3n) is 4.72. The second kappa shape index (κ2) is 10.4. The van der Waals surface area contributed by atoms with Gasteiger partial charge in [0.05, 0.1) is 12.5 Å². The molecule has 30 heavy (non-hydrogen) atoms. The molecular formula is C22H27N3O5. The molecule has 0 saturated carbocycles. The number of benzene rings is 1. The Kier molecular flexibility index (Phi) is 7.91. The molecule has 8 nitrogen and oxygen atoms in total. The topological polar surface area (TPSA) is 118 Å². The largest absolute Gasteiger partial charge is 0.481 e. The number of rotatable bonds is 11. The highest BCUT2D eigenvalue weighted by Gasteiger charge is 2.28. The number of aryl methyl sites for hydroxylation is 1. The fraction of sp³-hybridized carbons (Fsp3) is 0.364. The van der Waals surface area contributed by atoms with Gasteiger partial charge in [-0.2, -0.15) is 0 Å². The van der Waals surface area contributed by atoms with Gasteiger partial charge in [0, 0.05) is 17.4 Å². The standard InChI is InChI=1S/C22H27N3O5/c1-4-5-10-25-17-9-7-6-8-15(17)11-18(25)21(29)24-20(14(2)3)22(30)23-16(13-26)12-19(27)28/h4,6-9,11,13-14,16,20H,1,5,10,12H2,2-3H3,(H,23,30)(H,24,29)(H,27,28)/t16-,20-/m0/s1. The summed E-state index contributed by atoms with van der Waals surface area (Å²) in [7, 11) is 0. The number of nitrogens with one attached hydrogen (secondary N) is 2. The molecule has 0 spiro atoms. The number of para-hydroxylation sites is 1. The average Bonchev–Trinajstić information content (AvgIpc) is 3.07. The zero-order valence-electron chi connectivity index (χ0n) is 17.1. The number of fused-ring (bicyclic) bond motifs is 1. The number of carbonyl (C=O) groups excluding carboxylic acids is 3. The first kappa shape index (κ1) is 22.9. The summed E-state index contributed by atoms with van der Waals surface area (Å²) in [5.41, 5.74) is 1.31. The maximum Gasteiger partial charge on any atom is 0.305 e. The number of allylic oxidation sites excluding steroid dienone is 1. The van der Waals surface area contributed by atoms with E-state index < -0.39 is 36.3 Å². The van der Waals surface area contributed by atoms with Crippen LogP contribution < -0.4 is 10.6 Å². The summed E-state index contributed by atoms with van der Waals surface area (Å²) in [6.45, 7) is 7.80. The van der Waals surface area contributed by atoms with Crippen LogP contribution in [0.5, 0.6) is 0 Å². The summed E-state index contributed by atoms with van der Waals surface area (Å²) in [6, 6.07) is 7.27. The highest BCUT2D eigenvalue weighted by Crippen LogP contribution is 2.21. The fourth-order valence-corrected chi connectivity index (χ4v) is 3.20. The van der Waals surface area contributed by atoms with Gasteiger partial charge in [-0.1, -0.05) is 38.1 Å². The van der Waals surface area contributed by atoms with Gasteiger partial charge in [-0.05, 0) is 24.5 Å². The Balaban J connectivity index is 2.26. The molecule has 0 aliphatic rings. The molecule has 0 saturated heterocycles. The number of aldehydes is 1. The molecule has 3 N–H and O–H groups in total. The van der Waals surface area contributed by atoms with E-state index in [0.717, 1.165) is 10.9 Å². The number of nitrogens with zero attached hydrogens (tertiary/aromatic N) is 1. The Morgan fingerprint density at radius 3 is 2.50 bits per heavy atom. The van der Waals surface area contributed by atoms with Crippen LogP contribution in [0.2, 0.25) is 0 Å². The number of aliphatic carboxylic acids is 1. The van der Waals surface area contributed by atoms with E-state index in [1.807, 2.05) is 28.8 Å². The predicted octanol–water partition coefficient (Wildman–Crippen LogP) is 2.13. The number of hydrogen-bond acceptors (Lipinski definition) is 4. The van der Waals surface area contributed by atoms with Crippen LogP contribution in [-0.2, 0) is 20.9 Å². The number of amides is 2. The molecule has 2 rings (SSSR count). The predicted molar refractivity (Wildman–Crippen MR) is 113 cm³/mol. The van der Waals surface area contributed by atoms with E-state index in [-0.39, 0.29) is 5.92 Å². The lowest BCUT2D eigenvalue weighted by Crippen LogP contribution is -2.53. The monoisotopic (exact) mass is 413 g/mol. The van der Waals surface area contributed by atoms with E-state index in [9.17, 15) is 19.2 Å². The average molecular weight is 413 g/mol. The quantitative estimate of drug-likeness (QED) is 0.385. The van der Waals surface area contributed by atoms with Gasteiger partial charge in [-0.3, -0.25) is 14.4 Å². The van der Waals surface area contributed by atoms with Crippen LogP contribution in [0.3, 0.4) is 0 Å². The van der Waals surface area contributed by atoms with Gasteiger partial charge >= 0.3 is 5.97 Å². The van der Waals surface area contributed by atoms with Gasteiger partial charge in [-0.25, -0.2) is 0 Å². The van der Waals surface area contributed by atoms with Crippen LogP contribution in [0.25, 0.3) is 10.9 Å². The maximum absolute atomic E-state index is 13.0. The molecule has 0 aliphatic carbocycles. The molecule has 2 atom stereocenters. The highest BCUT2D eigenvalue weighted by atomic mass is 16.4. The lowest BCUT2D eigenvalue weighted by Gasteiger charge is -2.23. The highest BCUT2D eigenvalue weighted by molar-refractivity contribution is 6.01. The van der Waals surface area contributed by atoms with Gasteiger partial charge in [0.15, 0.2) is 0 Å². The molecular weight excluding hydrogens is 386 g/mol. The molecule has 0 unspecified atom stereocenters. The van der Waals surface area contributed by atoms with E-state index in [1.54, 1.807) is 26.0 Å². The minimum Gasteiger partial charge on any atom is -0.481 e. The number of hydrogen-bond donors (Lipinski definition) is 3. The summed E-state index contributed by atoms with van der Waals surface area (Å²) in [6.07, 6.45) is 2.29. The van der Waals surface area contributed by atoms with E-state index in [1.165, 1.54) is 0 Å². The summed E-state index contributed by atoms with van der Waals surface area (Å²) in [5, 5.41) is 14.9. The molecule has 1 aromatic carbocycles. The third-order valence-corrected chi connectivity index (χ3v) is 4.72. The Bertz CT molecular complexity index is 947. The van der Waals surface area contributed by atoms with Gasteiger partial charge < -0.3 is 25.1 Å². The van der Waals surface area contributed by atoms with Crippen molar-refractivity contribution in [2.45, 2.75) is 45.3 Å². The van der Waals surface area contributed by atoms with Crippen LogP contribution in [0.15, 0.2) is 43.0 Å². The van der Waals surface area contributed by atoms with Gasteiger partial charge in [0.1, 0.15) is 18.0 Å². The molecule has 0 bridgehead atoms. The van der Waals surface area contributed by atoms with Crippen LogP contribution in [0.4, 0.5) is 0 Å². The third kappa shape index (κ3) is 5.56. The van der Waals surface area contributed by atoms with Crippen LogP contribution in [0, 0.1) is 5.92 Å². The Morgan fingerprint density at radius 1 is 1.20 bits per heavy atom. The lowest BCUT2D eigenvalue weighted by atomic mass is 10.0. The zero-order valence-corrected chi connectivity index (χ0v) is 17.1. The molecule has 2 amide bonds. The van der Waals surface area contributed by atoms with Crippen molar-refractivity contribution in [3.8, 4) is 0 Å². The Morgan fingerprint density at radius 2 is 1.90 bits per heavy atom. The molecule has 8 heteroatoms. The van der Waals surface area contributed by atoms with E-state index in [0.29, 0.717) is 24.9 Å². The molecule has 0 fully saturated rings. The van der Waals surface area contributed by atoms with Crippen molar-refractivity contribution < 1.29 is 24.3 Å². The van der Waals surface area contributed by atoms with Crippen molar-refractivity contribution in [1.29, 1.82) is 0 Å². The number of aromatic nitrogens is 1. The van der Waals surface area contributed by atoms with Crippen LogP contribution in [0.1, 0.15) is 37.2 Å². The smallest absolute Gasteiger partial charge is 0.305 e. The first-order valence-corrected chi connectivity index (χ1v) is 9.76. The summed E-state index contributed by atoms with van der Waals surface area (Å²) >= 11 is 0. The first-order chi connectivity index (χ1) is 14.3. The Labute approximate surface area is 174 Å². The van der Waals surface area contributed by atoms with Gasteiger partial charge in [0.2, 0.25) is 5.91 Å². The van der Waals surface area contributed by atoms with Crippen molar-refractivity contribution in [2.75, 3.05) is 0 Å². The molecule has 1 aromatic heterocycles. The van der Waals surface area contributed by atoms with E-state index >= 15 is 0 Å². The lowest BCUT2D eigenvalue weighted by molar-refractivity contribution is -0.139. The molecule has 1 heterocycles. The summed E-state index contributed by atoms with van der Waals surface area (Å²) < 4.78 is 1.88. The number of carbonyl (C=O) groups is 4.